The van der Waals surface area contributed by atoms with Gasteiger partial charge in [0.05, 0.1) is 25.7 Å². The number of ether oxygens (including phenoxy) is 2. The van der Waals surface area contributed by atoms with Crippen LogP contribution in [0.3, 0.4) is 0 Å². The van der Waals surface area contributed by atoms with Crippen LogP contribution < -0.4 is 0 Å². The summed E-state index contributed by atoms with van der Waals surface area (Å²) in [5, 5.41) is 0. The lowest BCUT2D eigenvalue weighted by Crippen LogP contribution is -2.08. The fourth-order valence-electron chi connectivity index (χ4n) is 0.589. The molecule has 4 nitrogen and oxygen atoms in total. The molecule has 0 amide bonds. The van der Waals surface area contributed by atoms with Gasteiger partial charge < -0.3 is 9.47 Å². The highest BCUT2D eigenvalue weighted by Gasteiger charge is 2.06. The molecule has 0 fully saturated rings. The van der Waals surface area contributed by atoms with Crippen LogP contribution in [0.15, 0.2) is 12.8 Å². The minimum atomic E-state index is -0.474. The van der Waals surface area contributed by atoms with Crippen molar-refractivity contribution in [2.24, 2.45) is 0 Å². The van der Waals surface area contributed by atoms with Crippen molar-refractivity contribution in [3.63, 3.8) is 0 Å². The molecule has 0 saturated carbocycles. The smallest absolute Gasteiger partial charge is 0.311 e. The fraction of sp³-hybridized carbons (Fsp3) is 0.500. The highest BCUT2D eigenvalue weighted by molar-refractivity contribution is 5.77. The van der Waals surface area contributed by atoms with E-state index < -0.39 is 11.9 Å². The summed E-state index contributed by atoms with van der Waals surface area (Å²) in [4.78, 5) is 21.3. The second-order valence-corrected chi connectivity index (χ2v) is 1.96. The predicted octanol–water partition coefficient (Wildman–Crippen LogP) is 1.02. The van der Waals surface area contributed by atoms with E-state index in [-0.39, 0.29) is 12.8 Å². The molecule has 0 radical (unpaired) electrons. The topological polar surface area (TPSA) is 52.6 Å². The van der Waals surface area contributed by atoms with Gasteiger partial charge in [0.15, 0.2) is 0 Å². The molecule has 0 aromatic heterocycles. The van der Waals surface area contributed by atoms with Gasteiger partial charge in [0.2, 0.25) is 0 Å². The highest BCUT2D eigenvalue weighted by atomic mass is 16.5. The van der Waals surface area contributed by atoms with Gasteiger partial charge in [-0.2, -0.15) is 0 Å². The molecule has 12 heavy (non-hydrogen) atoms. The van der Waals surface area contributed by atoms with Gasteiger partial charge in [0, 0.05) is 0 Å². The molecule has 0 aliphatic heterocycles. The molecule has 0 aliphatic carbocycles. The number of hydrogen-bond acceptors (Lipinski definition) is 4. The zero-order valence-corrected chi connectivity index (χ0v) is 7.04. The molecule has 0 unspecified atom stereocenters. The Kier molecular flexibility index (Phi) is 5.69. The molecule has 0 aromatic carbocycles. The van der Waals surface area contributed by atoms with E-state index >= 15 is 0 Å². The average Bonchev–Trinajstić information content (AvgIpc) is 2.02. The molecule has 0 rings (SSSR count). The second kappa shape index (κ2) is 6.39. The maximum atomic E-state index is 10.7. The SMILES string of the molecule is C=COC(=O)CCC(=O)OCC. The Bertz CT molecular complexity index is 174. The van der Waals surface area contributed by atoms with Gasteiger partial charge in [-0.3, -0.25) is 9.59 Å². The Balaban J connectivity index is 3.46. The van der Waals surface area contributed by atoms with Gasteiger partial charge in [-0.25, -0.2) is 0 Å². The minimum absolute atomic E-state index is 0.0326. The number of esters is 2. The minimum Gasteiger partial charge on any atom is -0.466 e. The molecule has 0 heterocycles. The zero-order valence-electron chi connectivity index (χ0n) is 7.04. The predicted molar refractivity (Wildman–Crippen MR) is 42.2 cm³/mol. The monoisotopic (exact) mass is 172 g/mol. The zero-order chi connectivity index (χ0) is 9.40. The highest BCUT2D eigenvalue weighted by Crippen LogP contribution is 1.95. The van der Waals surface area contributed by atoms with E-state index in [2.05, 4.69) is 16.1 Å². The molecule has 0 bridgehead atoms. The van der Waals surface area contributed by atoms with E-state index in [1.807, 2.05) is 0 Å². The van der Waals surface area contributed by atoms with Gasteiger partial charge in [0.1, 0.15) is 0 Å². The summed E-state index contributed by atoms with van der Waals surface area (Å²) in [5.41, 5.74) is 0. The quantitative estimate of drug-likeness (QED) is 0.459. The van der Waals surface area contributed by atoms with Crippen molar-refractivity contribution in [2.45, 2.75) is 19.8 Å². The average molecular weight is 172 g/mol. The van der Waals surface area contributed by atoms with Crippen molar-refractivity contribution < 1.29 is 19.1 Å². The molecule has 4 heteroatoms. The van der Waals surface area contributed by atoms with Crippen molar-refractivity contribution in [1.29, 1.82) is 0 Å². The summed E-state index contributed by atoms with van der Waals surface area (Å²) in [6, 6.07) is 0. The van der Waals surface area contributed by atoms with Crippen LogP contribution in [0.5, 0.6) is 0 Å². The first-order valence-electron chi connectivity index (χ1n) is 3.66. The van der Waals surface area contributed by atoms with E-state index in [0.29, 0.717) is 6.61 Å². The molecule has 0 N–H and O–H groups in total. The van der Waals surface area contributed by atoms with Gasteiger partial charge in [-0.15, -0.1) is 0 Å². The van der Waals surface area contributed by atoms with Crippen LogP contribution in [0.1, 0.15) is 19.8 Å². The maximum absolute atomic E-state index is 10.7. The van der Waals surface area contributed by atoms with Crippen LogP contribution in [0.25, 0.3) is 0 Å². The first-order valence-corrected chi connectivity index (χ1v) is 3.66. The molecule has 0 spiro atoms. The van der Waals surface area contributed by atoms with E-state index in [4.69, 9.17) is 0 Å². The Hall–Kier alpha value is -1.32. The van der Waals surface area contributed by atoms with Gasteiger partial charge >= 0.3 is 11.9 Å². The lowest BCUT2D eigenvalue weighted by Gasteiger charge is -1.99. The largest absolute Gasteiger partial charge is 0.466 e. The van der Waals surface area contributed by atoms with Crippen LogP contribution >= 0.6 is 0 Å². The lowest BCUT2D eigenvalue weighted by molar-refractivity contribution is -0.147. The summed E-state index contributed by atoms with van der Waals surface area (Å²) in [6.45, 7) is 5.24. The maximum Gasteiger partial charge on any atom is 0.311 e. The van der Waals surface area contributed by atoms with E-state index in [0.717, 1.165) is 6.26 Å². The third-order valence-corrected chi connectivity index (χ3v) is 1.05. The molecular formula is C8H12O4. The summed E-state index contributed by atoms with van der Waals surface area (Å²) >= 11 is 0. The number of carbonyl (C=O) groups is 2. The van der Waals surface area contributed by atoms with Crippen LogP contribution in [0.2, 0.25) is 0 Å². The molecule has 68 valence electrons. The number of hydrogen-bond donors (Lipinski definition) is 0. The van der Waals surface area contributed by atoms with Crippen LogP contribution in [-0.2, 0) is 19.1 Å². The summed E-state index contributed by atoms with van der Waals surface area (Å²) in [5.74, 6) is -0.864. The molecule has 0 aliphatic rings. The molecule has 0 atom stereocenters. The molecule has 0 saturated heterocycles. The second-order valence-electron chi connectivity index (χ2n) is 1.96. The van der Waals surface area contributed by atoms with E-state index in [9.17, 15) is 9.59 Å². The van der Waals surface area contributed by atoms with Crippen molar-refractivity contribution in [3.05, 3.63) is 12.8 Å². The third-order valence-electron chi connectivity index (χ3n) is 1.05. The van der Waals surface area contributed by atoms with Crippen molar-refractivity contribution in [3.8, 4) is 0 Å². The van der Waals surface area contributed by atoms with Crippen molar-refractivity contribution in [1.82, 2.24) is 0 Å². The standard InChI is InChI=1S/C8H12O4/c1-3-11-7(9)5-6-8(10)12-4-2/h3H,1,4-6H2,2H3. The third kappa shape index (κ3) is 5.46. The Morgan fingerprint density at radius 1 is 1.33 bits per heavy atom. The lowest BCUT2D eigenvalue weighted by atomic mass is 10.3. The number of carbonyl (C=O) groups excluding carboxylic acids is 2. The first kappa shape index (κ1) is 10.7. The first-order chi connectivity index (χ1) is 5.70. The van der Waals surface area contributed by atoms with E-state index in [1.165, 1.54) is 0 Å². The molecule has 0 aromatic rings. The Labute approximate surface area is 71.2 Å². The summed E-state index contributed by atoms with van der Waals surface area (Å²) in [6.07, 6.45) is 1.12. The van der Waals surface area contributed by atoms with Crippen LogP contribution in [0.4, 0.5) is 0 Å². The van der Waals surface area contributed by atoms with Crippen molar-refractivity contribution in [2.75, 3.05) is 6.61 Å². The summed E-state index contributed by atoms with van der Waals surface area (Å²) < 4.78 is 8.99. The Morgan fingerprint density at radius 2 is 1.92 bits per heavy atom. The van der Waals surface area contributed by atoms with Gasteiger partial charge in [0.25, 0.3) is 0 Å². The number of rotatable bonds is 5. The summed E-state index contributed by atoms with van der Waals surface area (Å²) in [7, 11) is 0. The molecular weight excluding hydrogens is 160 g/mol. The van der Waals surface area contributed by atoms with Gasteiger partial charge in [-0.05, 0) is 6.92 Å². The van der Waals surface area contributed by atoms with Crippen LogP contribution in [-0.4, -0.2) is 18.5 Å². The Morgan fingerprint density at radius 3 is 2.42 bits per heavy atom. The van der Waals surface area contributed by atoms with Crippen LogP contribution in [0, 0.1) is 0 Å². The van der Waals surface area contributed by atoms with Crippen molar-refractivity contribution >= 4 is 11.9 Å². The normalized spacial score (nSPS) is 8.75. The fourth-order valence-corrected chi connectivity index (χ4v) is 0.589. The van der Waals surface area contributed by atoms with E-state index in [1.54, 1.807) is 6.92 Å². The van der Waals surface area contributed by atoms with Gasteiger partial charge in [-0.1, -0.05) is 6.58 Å².